The Kier molecular flexibility index (Phi) is 1.56. The first kappa shape index (κ1) is 5.92. The molecule has 1 aromatic rings. The van der Waals surface area contributed by atoms with E-state index < -0.39 is 0 Å². The second-order valence-corrected chi connectivity index (χ2v) is 1.65. The summed E-state index contributed by atoms with van der Waals surface area (Å²) in [5.74, 6) is 0. The van der Waals surface area contributed by atoms with Crippen molar-refractivity contribution in [1.82, 2.24) is 15.4 Å². The third-order valence-electron chi connectivity index (χ3n) is 0.700. The van der Waals surface area contributed by atoms with Crippen LogP contribution in [0, 0.1) is 11.3 Å². The van der Waals surface area contributed by atoms with Crippen molar-refractivity contribution in [2.24, 2.45) is 0 Å². The second kappa shape index (κ2) is 2.37. The topological polar surface area (TPSA) is 62.5 Å². The molecule has 0 aromatic carbocycles. The maximum absolute atomic E-state index is 8.25. The summed E-state index contributed by atoms with van der Waals surface area (Å²) in [6.45, 7) is 0. The Hall–Kier alpha value is -1.21. The van der Waals surface area contributed by atoms with E-state index in [2.05, 4.69) is 15.4 Å². The number of nitriles is 1. The molecule has 44 valence electrons. The molecule has 0 unspecified atom stereocenters. The van der Waals surface area contributed by atoms with Crippen molar-refractivity contribution in [3.8, 4) is 6.07 Å². The van der Waals surface area contributed by atoms with Gasteiger partial charge in [-0.1, -0.05) is 11.6 Å². The molecule has 0 radical (unpaired) electrons. The second-order valence-electron chi connectivity index (χ2n) is 1.24. The summed E-state index contributed by atoms with van der Waals surface area (Å²) in [6.07, 6.45) is 1.27. The number of nitrogens with zero attached hydrogens (tertiary/aromatic N) is 4. The Morgan fingerprint density at radius 1 is 1.67 bits per heavy atom. The summed E-state index contributed by atoms with van der Waals surface area (Å²) in [5.41, 5.74) is 0.103. The van der Waals surface area contributed by atoms with Gasteiger partial charge in [-0.2, -0.15) is 5.26 Å². The quantitative estimate of drug-likeness (QED) is 0.523. The lowest BCUT2D eigenvalue weighted by Gasteiger charge is -1.84. The highest BCUT2D eigenvalue weighted by molar-refractivity contribution is 6.31. The van der Waals surface area contributed by atoms with Crippen LogP contribution < -0.4 is 0 Å². The summed E-state index contributed by atoms with van der Waals surface area (Å²) in [7, 11) is 0. The van der Waals surface area contributed by atoms with Gasteiger partial charge in [-0.3, -0.25) is 0 Å². The molecule has 0 aliphatic carbocycles. The minimum Gasteiger partial charge on any atom is -0.191 e. The minimum atomic E-state index is 0.103. The lowest BCUT2D eigenvalue weighted by atomic mass is 10.5. The maximum Gasteiger partial charge on any atom is 0.185 e. The zero-order valence-corrected chi connectivity index (χ0v) is 5.00. The molecule has 0 saturated heterocycles. The number of aromatic nitrogens is 3. The molecule has 1 rings (SSSR count). The van der Waals surface area contributed by atoms with Crippen molar-refractivity contribution in [3.05, 3.63) is 16.9 Å². The van der Waals surface area contributed by atoms with Crippen LogP contribution in [0.3, 0.4) is 0 Å². The van der Waals surface area contributed by atoms with Gasteiger partial charge in [0.25, 0.3) is 0 Å². The van der Waals surface area contributed by atoms with Crippen LogP contribution in [0.4, 0.5) is 0 Å². The normalized spacial score (nSPS) is 8.44. The van der Waals surface area contributed by atoms with E-state index in [-0.39, 0.29) is 10.7 Å². The van der Waals surface area contributed by atoms with Gasteiger partial charge in [0, 0.05) is 0 Å². The van der Waals surface area contributed by atoms with E-state index >= 15 is 0 Å². The first-order valence-electron chi connectivity index (χ1n) is 2.08. The monoisotopic (exact) mass is 140 g/mol. The van der Waals surface area contributed by atoms with Gasteiger partial charge in [-0.15, -0.1) is 10.2 Å². The smallest absolute Gasteiger partial charge is 0.185 e. The highest BCUT2D eigenvalue weighted by Crippen LogP contribution is 2.06. The van der Waals surface area contributed by atoms with Crippen LogP contribution in [0.1, 0.15) is 5.69 Å². The highest BCUT2D eigenvalue weighted by atomic mass is 35.5. The van der Waals surface area contributed by atoms with Crippen LogP contribution in [0.15, 0.2) is 6.20 Å². The van der Waals surface area contributed by atoms with E-state index in [0.717, 1.165) is 0 Å². The first-order chi connectivity index (χ1) is 4.34. The predicted octanol–water partition coefficient (Wildman–Crippen LogP) is 0.397. The fourth-order valence-corrected chi connectivity index (χ4v) is 0.455. The Bertz CT molecular complexity index is 253. The van der Waals surface area contributed by atoms with E-state index in [1.807, 2.05) is 0 Å². The average Bonchev–Trinajstić information content (AvgIpc) is 1.89. The number of rotatable bonds is 0. The minimum absolute atomic E-state index is 0.103. The summed E-state index contributed by atoms with van der Waals surface area (Å²) in [4.78, 5) is 0. The largest absolute Gasteiger partial charge is 0.191 e. The Balaban J connectivity index is 3.20. The molecule has 1 aromatic heterocycles. The molecule has 1 heterocycles. The molecular weight excluding hydrogens is 140 g/mol. The van der Waals surface area contributed by atoms with Crippen molar-refractivity contribution in [1.29, 1.82) is 5.26 Å². The van der Waals surface area contributed by atoms with Gasteiger partial charge in [-0.25, -0.2) is 0 Å². The summed E-state index contributed by atoms with van der Waals surface area (Å²) in [5, 5.41) is 18.4. The summed E-state index contributed by atoms with van der Waals surface area (Å²) < 4.78 is 0. The van der Waals surface area contributed by atoms with E-state index in [4.69, 9.17) is 16.9 Å². The van der Waals surface area contributed by atoms with E-state index in [0.29, 0.717) is 0 Å². The fourth-order valence-electron chi connectivity index (χ4n) is 0.332. The third-order valence-corrected chi connectivity index (χ3v) is 0.976. The molecule has 9 heavy (non-hydrogen) atoms. The highest BCUT2D eigenvalue weighted by Gasteiger charge is 1.97. The molecule has 0 bridgehead atoms. The van der Waals surface area contributed by atoms with Crippen molar-refractivity contribution in [2.75, 3.05) is 0 Å². The van der Waals surface area contributed by atoms with Crippen molar-refractivity contribution in [2.45, 2.75) is 0 Å². The van der Waals surface area contributed by atoms with Crippen LogP contribution >= 0.6 is 11.6 Å². The number of halogens is 1. The Morgan fingerprint density at radius 3 is 2.89 bits per heavy atom. The van der Waals surface area contributed by atoms with Gasteiger partial charge in [0.05, 0.1) is 11.2 Å². The van der Waals surface area contributed by atoms with Crippen molar-refractivity contribution in [3.63, 3.8) is 0 Å². The van der Waals surface area contributed by atoms with Crippen molar-refractivity contribution < 1.29 is 0 Å². The number of hydrogen-bond acceptors (Lipinski definition) is 4. The molecule has 0 amide bonds. The van der Waals surface area contributed by atoms with Gasteiger partial charge in [-0.05, 0) is 5.21 Å². The van der Waals surface area contributed by atoms with Crippen LogP contribution in [0.2, 0.25) is 5.02 Å². The molecule has 0 aliphatic rings. The molecule has 0 N–H and O–H groups in total. The van der Waals surface area contributed by atoms with Gasteiger partial charge >= 0.3 is 0 Å². The third kappa shape index (κ3) is 1.12. The van der Waals surface area contributed by atoms with Crippen LogP contribution in [-0.4, -0.2) is 15.4 Å². The molecular formula is C4HClN4. The predicted molar refractivity (Wildman–Crippen MR) is 29.6 cm³/mol. The van der Waals surface area contributed by atoms with Crippen LogP contribution in [-0.2, 0) is 0 Å². The van der Waals surface area contributed by atoms with Crippen molar-refractivity contribution >= 4 is 11.6 Å². The molecule has 0 atom stereocenters. The first-order valence-corrected chi connectivity index (χ1v) is 2.46. The SMILES string of the molecule is N#Cc1nnncc1Cl. The maximum atomic E-state index is 8.25. The van der Waals surface area contributed by atoms with Gasteiger partial charge in [0.2, 0.25) is 0 Å². The van der Waals surface area contributed by atoms with E-state index in [1.165, 1.54) is 6.20 Å². The Morgan fingerprint density at radius 2 is 2.44 bits per heavy atom. The summed E-state index contributed by atoms with van der Waals surface area (Å²) >= 11 is 5.44. The van der Waals surface area contributed by atoms with E-state index in [1.54, 1.807) is 6.07 Å². The van der Waals surface area contributed by atoms with Crippen LogP contribution in [0.5, 0.6) is 0 Å². The fraction of sp³-hybridized carbons (Fsp3) is 0. The van der Waals surface area contributed by atoms with E-state index in [9.17, 15) is 0 Å². The van der Waals surface area contributed by atoms with Gasteiger partial charge < -0.3 is 0 Å². The lowest BCUT2D eigenvalue weighted by molar-refractivity contribution is 0.854. The standard InChI is InChI=1S/C4HClN4/c5-3-2-7-9-8-4(3)1-6/h2H. The lowest BCUT2D eigenvalue weighted by Crippen LogP contribution is -1.89. The summed E-state index contributed by atoms with van der Waals surface area (Å²) in [6, 6.07) is 1.75. The van der Waals surface area contributed by atoms with Crippen LogP contribution in [0.25, 0.3) is 0 Å². The number of hydrogen-bond donors (Lipinski definition) is 0. The molecule has 4 nitrogen and oxygen atoms in total. The van der Waals surface area contributed by atoms with Gasteiger partial charge in [0.1, 0.15) is 6.07 Å². The molecule has 0 spiro atoms. The van der Waals surface area contributed by atoms with Gasteiger partial charge in [0.15, 0.2) is 5.69 Å². The zero-order chi connectivity index (χ0) is 6.69. The Labute approximate surface area is 56.1 Å². The zero-order valence-electron chi connectivity index (χ0n) is 4.24. The average molecular weight is 141 g/mol. The molecule has 0 saturated carbocycles. The molecule has 5 heteroatoms. The molecule has 0 fully saturated rings. The molecule has 0 aliphatic heterocycles.